The van der Waals surface area contributed by atoms with Gasteiger partial charge in [-0.3, -0.25) is 9.59 Å². The predicted molar refractivity (Wildman–Crippen MR) is 66.7 cm³/mol. The highest BCUT2D eigenvalue weighted by atomic mass is 16.4. The van der Waals surface area contributed by atoms with Crippen LogP contribution in [-0.4, -0.2) is 46.9 Å². The fourth-order valence-electron chi connectivity index (χ4n) is 1.95. The number of ketones is 1. The quantitative estimate of drug-likeness (QED) is 0.815. The zero-order chi connectivity index (χ0) is 13.8. The Balaban J connectivity index is 2.05. The molecule has 1 fully saturated rings. The number of carbonyl (C=O) groups excluding carboxylic acids is 2. The molecular weight excluding hydrogens is 248 g/mol. The topological polar surface area (TPSA) is 86.7 Å². The van der Waals surface area contributed by atoms with Crippen LogP contribution >= 0.6 is 0 Å². The van der Waals surface area contributed by atoms with Gasteiger partial charge >= 0.3 is 6.09 Å². The molecule has 0 radical (unpaired) electrons. The van der Waals surface area contributed by atoms with Crippen molar-refractivity contribution < 1.29 is 19.5 Å². The van der Waals surface area contributed by atoms with Crippen LogP contribution < -0.4 is 5.32 Å². The molecule has 1 aliphatic heterocycles. The van der Waals surface area contributed by atoms with E-state index in [9.17, 15) is 14.4 Å². The number of nitrogens with zero attached hydrogens (tertiary/aromatic N) is 1. The Morgan fingerprint density at radius 1 is 1.26 bits per heavy atom. The summed E-state index contributed by atoms with van der Waals surface area (Å²) >= 11 is 0. The minimum absolute atomic E-state index is 0.0119. The van der Waals surface area contributed by atoms with Gasteiger partial charge in [-0.05, 0) is 5.56 Å². The molecule has 19 heavy (non-hydrogen) atoms. The van der Waals surface area contributed by atoms with Gasteiger partial charge in [-0.15, -0.1) is 0 Å². The Morgan fingerprint density at radius 2 is 1.89 bits per heavy atom. The number of hydrogen-bond acceptors (Lipinski definition) is 3. The number of carbonyl (C=O) groups is 3. The summed E-state index contributed by atoms with van der Waals surface area (Å²) in [6.45, 7) is 0.150. The van der Waals surface area contributed by atoms with Crippen molar-refractivity contribution in [3.05, 3.63) is 35.9 Å². The van der Waals surface area contributed by atoms with Crippen molar-refractivity contribution in [3.8, 4) is 0 Å². The third kappa shape index (κ3) is 3.31. The molecule has 1 heterocycles. The normalized spacial score (nSPS) is 15.6. The van der Waals surface area contributed by atoms with E-state index < -0.39 is 12.1 Å². The Bertz CT molecular complexity index is 493. The smallest absolute Gasteiger partial charge is 0.405 e. The highest BCUT2D eigenvalue weighted by molar-refractivity contribution is 5.98. The van der Waals surface area contributed by atoms with Crippen LogP contribution in [0.15, 0.2) is 30.3 Å². The molecule has 0 spiro atoms. The van der Waals surface area contributed by atoms with Crippen molar-refractivity contribution in [2.45, 2.75) is 12.5 Å². The van der Waals surface area contributed by atoms with Crippen LogP contribution in [0.5, 0.6) is 0 Å². The predicted octanol–water partition coefficient (Wildman–Crippen LogP) is 0.277. The van der Waals surface area contributed by atoms with Crippen LogP contribution in [0.25, 0.3) is 0 Å². The van der Waals surface area contributed by atoms with Crippen LogP contribution in [0.3, 0.4) is 0 Å². The van der Waals surface area contributed by atoms with Crippen LogP contribution in [-0.2, 0) is 16.0 Å². The first-order valence-corrected chi connectivity index (χ1v) is 5.90. The lowest BCUT2D eigenvalue weighted by molar-refractivity contribution is -0.146. The first kappa shape index (κ1) is 13.1. The van der Waals surface area contributed by atoms with Crippen LogP contribution in [0.2, 0.25) is 0 Å². The molecule has 6 heteroatoms. The van der Waals surface area contributed by atoms with Crippen molar-refractivity contribution in [1.82, 2.24) is 10.2 Å². The summed E-state index contributed by atoms with van der Waals surface area (Å²) < 4.78 is 0. The number of likely N-dealkylation sites (tertiary alicyclic amines) is 1. The standard InChI is InChI=1S/C13H14N2O4/c16-10-7-15(8-10)12(17)11(14-13(18)19)6-9-4-2-1-3-5-9/h1-5,11,14H,6-8H2,(H,18,19). The van der Waals surface area contributed by atoms with Gasteiger partial charge in [0, 0.05) is 6.42 Å². The molecule has 0 aliphatic carbocycles. The summed E-state index contributed by atoms with van der Waals surface area (Å²) in [4.78, 5) is 35.0. The van der Waals surface area contributed by atoms with E-state index in [1.807, 2.05) is 30.3 Å². The third-order valence-corrected chi connectivity index (χ3v) is 2.92. The molecule has 2 amide bonds. The summed E-state index contributed by atoms with van der Waals surface area (Å²) in [5.41, 5.74) is 0.862. The zero-order valence-electron chi connectivity index (χ0n) is 10.2. The van der Waals surface area contributed by atoms with E-state index in [1.54, 1.807) is 0 Å². The highest BCUT2D eigenvalue weighted by Crippen LogP contribution is 2.10. The van der Waals surface area contributed by atoms with Crippen LogP contribution in [0, 0.1) is 0 Å². The van der Waals surface area contributed by atoms with Gasteiger partial charge in [0.25, 0.3) is 0 Å². The summed E-state index contributed by atoms with van der Waals surface area (Å²) in [6, 6.07) is 8.29. The third-order valence-electron chi connectivity index (χ3n) is 2.92. The summed E-state index contributed by atoms with van der Waals surface area (Å²) in [5.74, 6) is -0.368. The zero-order valence-corrected chi connectivity index (χ0v) is 10.2. The fourth-order valence-corrected chi connectivity index (χ4v) is 1.95. The van der Waals surface area contributed by atoms with E-state index in [4.69, 9.17) is 5.11 Å². The van der Waals surface area contributed by atoms with E-state index >= 15 is 0 Å². The molecule has 100 valence electrons. The monoisotopic (exact) mass is 262 g/mol. The molecule has 1 aromatic rings. The molecule has 0 saturated carbocycles. The molecule has 1 aliphatic rings. The Labute approximate surface area is 110 Å². The maximum atomic E-state index is 12.1. The van der Waals surface area contributed by atoms with Gasteiger partial charge in [0.05, 0.1) is 13.1 Å². The maximum Gasteiger partial charge on any atom is 0.405 e. The summed E-state index contributed by atoms with van der Waals surface area (Å²) in [6.07, 6.45) is -0.974. The fraction of sp³-hybridized carbons (Fsp3) is 0.308. The van der Waals surface area contributed by atoms with E-state index in [2.05, 4.69) is 5.32 Å². The number of amides is 2. The molecule has 2 N–H and O–H groups in total. The van der Waals surface area contributed by atoms with Crippen LogP contribution in [0.1, 0.15) is 5.56 Å². The minimum atomic E-state index is -1.25. The maximum absolute atomic E-state index is 12.1. The highest BCUT2D eigenvalue weighted by Gasteiger charge is 2.33. The van der Waals surface area contributed by atoms with Crippen molar-refractivity contribution >= 4 is 17.8 Å². The second-order valence-electron chi connectivity index (χ2n) is 4.42. The molecule has 1 unspecified atom stereocenters. The molecule has 0 aromatic heterocycles. The van der Waals surface area contributed by atoms with Crippen LogP contribution in [0.4, 0.5) is 4.79 Å². The van der Waals surface area contributed by atoms with E-state index in [0.717, 1.165) is 5.56 Å². The average Bonchev–Trinajstić information content (AvgIpc) is 2.34. The van der Waals surface area contributed by atoms with E-state index in [1.165, 1.54) is 4.90 Å². The number of carboxylic acid groups (broad SMARTS) is 1. The molecule has 2 rings (SSSR count). The molecule has 1 saturated heterocycles. The Kier molecular flexibility index (Phi) is 3.79. The average molecular weight is 262 g/mol. The van der Waals surface area contributed by atoms with Crippen molar-refractivity contribution in [2.24, 2.45) is 0 Å². The van der Waals surface area contributed by atoms with Crippen molar-refractivity contribution in [3.63, 3.8) is 0 Å². The molecule has 6 nitrogen and oxygen atoms in total. The number of hydrogen-bond donors (Lipinski definition) is 2. The van der Waals surface area contributed by atoms with Gasteiger partial charge in [0.2, 0.25) is 5.91 Å². The second kappa shape index (κ2) is 5.51. The minimum Gasteiger partial charge on any atom is -0.465 e. The lowest BCUT2D eigenvalue weighted by Gasteiger charge is -2.32. The summed E-state index contributed by atoms with van der Waals surface area (Å²) in [7, 11) is 0. The molecule has 1 aromatic carbocycles. The number of benzene rings is 1. The van der Waals surface area contributed by atoms with Gasteiger partial charge in [0.15, 0.2) is 5.78 Å². The van der Waals surface area contributed by atoms with Crippen molar-refractivity contribution in [2.75, 3.05) is 13.1 Å². The van der Waals surface area contributed by atoms with Crippen molar-refractivity contribution in [1.29, 1.82) is 0 Å². The Morgan fingerprint density at radius 3 is 2.42 bits per heavy atom. The molecule has 0 bridgehead atoms. The SMILES string of the molecule is O=C1CN(C(=O)C(Cc2ccccc2)NC(=O)O)C1. The number of rotatable bonds is 4. The first-order valence-electron chi connectivity index (χ1n) is 5.90. The molecular formula is C13H14N2O4. The second-order valence-corrected chi connectivity index (χ2v) is 4.42. The lowest BCUT2D eigenvalue weighted by Crippen LogP contribution is -2.57. The van der Waals surface area contributed by atoms with E-state index in [-0.39, 0.29) is 31.2 Å². The largest absolute Gasteiger partial charge is 0.465 e. The van der Waals surface area contributed by atoms with Gasteiger partial charge in [-0.25, -0.2) is 4.79 Å². The van der Waals surface area contributed by atoms with E-state index in [0.29, 0.717) is 0 Å². The number of Topliss-reactive ketones (excluding diaryl/α,β-unsaturated/α-hetero) is 1. The summed E-state index contributed by atoms with van der Waals surface area (Å²) in [5, 5.41) is 11.0. The first-order chi connectivity index (χ1) is 9.06. The van der Waals surface area contributed by atoms with Gasteiger partial charge < -0.3 is 15.3 Å². The Hall–Kier alpha value is -2.37. The molecule has 1 atom stereocenters. The van der Waals surface area contributed by atoms with Gasteiger partial charge in [0.1, 0.15) is 6.04 Å². The lowest BCUT2D eigenvalue weighted by atomic mass is 10.0. The van der Waals surface area contributed by atoms with Gasteiger partial charge in [-0.2, -0.15) is 0 Å². The number of nitrogens with one attached hydrogen (secondary N) is 1. The van der Waals surface area contributed by atoms with Gasteiger partial charge in [-0.1, -0.05) is 30.3 Å².